The first-order valence-electron chi connectivity index (χ1n) is 9.32. The van der Waals surface area contributed by atoms with Gasteiger partial charge in [0, 0.05) is 11.5 Å². The minimum absolute atomic E-state index is 0.00606. The highest BCUT2D eigenvalue weighted by atomic mass is 32.2. The summed E-state index contributed by atoms with van der Waals surface area (Å²) in [6.45, 7) is 0. The van der Waals surface area contributed by atoms with Crippen molar-refractivity contribution in [3.63, 3.8) is 0 Å². The molecule has 5 heteroatoms. The molecule has 0 amide bonds. The molecular weight excluding hydrogens is 296 g/mol. The van der Waals surface area contributed by atoms with Crippen molar-refractivity contribution in [1.82, 2.24) is 10.0 Å². The Labute approximate surface area is 133 Å². The molecule has 6 rings (SSSR count). The molecule has 5 aliphatic carbocycles. The topological polar surface area (TPSA) is 58.2 Å². The third kappa shape index (κ3) is 2.11. The molecule has 4 bridgehead atoms. The van der Waals surface area contributed by atoms with E-state index in [0.717, 1.165) is 37.0 Å². The molecule has 6 fully saturated rings. The maximum Gasteiger partial charge on any atom is 0.216 e. The van der Waals surface area contributed by atoms with Crippen LogP contribution in [0.5, 0.6) is 0 Å². The van der Waals surface area contributed by atoms with Crippen LogP contribution in [0, 0.1) is 23.7 Å². The Morgan fingerprint density at radius 3 is 2.14 bits per heavy atom. The first kappa shape index (κ1) is 14.2. The van der Waals surface area contributed by atoms with E-state index in [1.165, 1.54) is 44.9 Å². The summed E-state index contributed by atoms with van der Waals surface area (Å²) in [4.78, 5) is 0. The van der Waals surface area contributed by atoms with Gasteiger partial charge in [-0.05, 0) is 69.1 Å². The lowest BCUT2D eigenvalue weighted by Crippen LogP contribution is -2.63. The van der Waals surface area contributed by atoms with Crippen molar-refractivity contribution in [3.8, 4) is 0 Å². The predicted octanol–water partition coefficient (Wildman–Crippen LogP) is 2.36. The lowest BCUT2D eigenvalue weighted by Gasteiger charge is -2.58. The van der Waals surface area contributed by atoms with E-state index in [9.17, 15) is 8.42 Å². The monoisotopic (exact) mass is 324 g/mol. The number of nitrogens with one attached hydrogen (secondary N) is 2. The lowest BCUT2D eigenvalue weighted by atomic mass is 9.53. The molecule has 4 nitrogen and oxygen atoms in total. The summed E-state index contributed by atoms with van der Waals surface area (Å²) < 4.78 is 27.9. The molecule has 0 aromatic heterocycles. The molecule has 1 heterocycles. The number of hydrogen-bond donors (Lipinski definition) is 2. The fraction of sp³-hybridized carbons (Fsp3) is 1.00. The summed E-state index contributed by atoms with van der Waals surface area (Å²) in [5.41, 5.74) is 0.244. The molecule has 0 radical (unpaired) electrons. The lowest BCUT2D eigenvalue weighted by molar-refractivity contribution is -0.0295. The Balaban J connectivity index is 1.40. The van der Waals surface area contributed by atoms with Gasteiger partial charge >= 0.3 is 0 Å². The molecule has 1 saturated heterocycles. The van der Waals surface area contributed by atoms with Gasteiger partial charge in [0.25, 0.3) is 0 Å². The van der Waals surface area contributed by atoms with Crippen LogP contribution < -0.4 is 10.0 Å². The van der Waals surface area contributed by atoms with E-state index >= 15 is 0 Å². The minimum Gasteiger partial charge on any atom is -0.295 e. The standard InChI is InChI=1S/C17H28N2O2S/c20-22(21)15-4-2-1-3-14(15)16(19-22)18-17-8-11-5-12(9-17)7-13(6-11)10-17/h11-16,18-19H,1-10H2. The quantitative estimate of drug-likeness (QED) is 0.820. The minimum atomic E-state index is -3.09. The van der Waals surface area contributed by atoms with Gasteiger partial charge < -0.3 is 0 Å². The van der Waals surface area contributed by atoms with E-state index in [0.29, 0.717) is 5.92 Å². The van der Waals surface area contributed by atoms with Gasteiger partial charge in [-0.25, -0.2) is 8.42 Å². The molecule has 0 aromatic carbocycles. The summed E-state index contributed by atoms with van der Waals surface area (Å²) >= 11 is 0. The van der Waals surface area contributed by atoms with Crippen molar-refractivity contribution in [2.45, 2.75) is 81.2 Å². The molecule has 2 N–H and O–H groups in total. The molecule has 6 aliphatic rings. The second-order valence-electron chi connectivity index (χ2n) is 8.97. The van der Waals surface area contributed by atoms with Crippen molar-refractivity contribution in [1.29, 1.82) is 0 Å². The zero-order chi connectivity index (χ0) is 14.9. The van der Waals surface area contributed by atoms with Gasteiger partial charge in [0.05, 0.1) is 11.4 Å². The third-order valence-electron chi connectivity index (χ3n) is 7.37. The highest BCUT2D eigenvalue weighted by molar-refractivity contribution is 7.90. The summed E-state index contributed by atoms with van der Waals surface area (Å²) in [5.74, 6) is 3.00. The molecule has 3 atom stereocenters. The fourth-order valence-corrected chi connectivity index (χ4v) is 8.99. The summed E-state index contributed by atoms with van der Waals surface area (Å²) in [7, 11) is -3.09. The van der Waals surface area contributed by atoms with Gasteiger partial charge in [-0.1, -0.05) is 12.8 Å². The molecular formula is C17H28N2O2S. The molecule has 124 valence electrons. The first-order valence-corrected chi connectivity index (χ1v) is 10.9. The zero-order valence-electron chi connectivity index (χ0n) is 13.3. The van der Waals surface area contributed by atoms with Gasteiger partial charge in [-0.15, -0.1) is 0 Å². The second kappa shape index (κ2) is 4.70. The summed E-state index contributed by atoms with van der Waals surface area (Å²) in [5, 5.41) is 3.76. The Hall–Kier alpha value is -0.130. The van der Waals surface area contributed by atoms with E-state index in [1.54, 1.807) is 0 Å². The SMILES string of the molecule is O=S1(=O)NC(NC23CC4CC(CC(C4)C2)C3)C2CCCCC21. The van der Waals surface area contributed by atoms with E-state index in [4.69, 9.17) is 0 Å². The number of rotatable bonds is 2. The highest BCUT2D eigenvalue weighted by Crippen LogP contribution is 2.56. The number of hydrogen-bond acceptors (Lipinski definition) is 3. The number of fused-ring (bicyclic) bond motifs is 1. The van der Waals surface area contributed by atoms with Crippen LogP contribution in [-0.4, -0.2) is 25.4 Å². The van der Waals surface area contributed by atoms with Crippen molar-refractivity contribution in [2.75, 3.05) is 0 Å². The Morgan fingerprint density at radius 1 is 0.909 bits per heavy atom. The zero-order valence-corrected chi connectivity index (χ0v) is 14.1. The third-order valence-corrected chi connectivity index (χ3v) is 9.34. The average Bonchev–Trinajstić information content (AvgIpc) is 2.68. The molecule has 5 saturated carbocycles. The Morgan fingerprint density at radius 2 is 1.50 bits per heavy atom. The first-order chi connectivity index (χ1) is 10.5. The van der Waals surface area contributed by atoms with Gasteiger partial charge in [0.2, 0.25) is 10.0 Å². The van der Waals surface area contributed by atoms with Crippen LogP contribution in [0.1, 0.15) is 64.2 Å². The molecule has 0 aromatic rings. The van der Waals surface area contributed by atoms with Gasteiger partial charge in [0.1, 0.15) is 0 Å². The fourth-order valence-electron chi connectivity index (χ4n) is 7.00. The van der Waals surface area contributed by atoms with E-state index in [1.807, 2.05) is 0 Å². The second-order valence-corrected chi connectivity index (χ2v) is 10.9. The van der Waals surface area contributed by atoms with Gasteiger partial charge in [0.15, 0.2) is 0 Å². The van der Waals surface area contributed by atoms with Crippen molar-refractivity contribution < 1.29 is 8.42 Å². The Bertz CT molecular complexity index is 538. The molecule has 22 heavy (non-hydrogen) atoms. The maximum atomic E-state index is 12.4. The van der Waals surface area contributed by atoms with Crippen LogP contribution in [0.3, 0.4) is 0 Å². The highest BCUT2D eigenvalue weighted by Gasteiger charge is 2.55. The van der Waals surface area contributed by atoms with Crippen molar-refractivity contribution in [2.24, 2.45) is 23.7 Å². The number of sulfonamides is 1. The van der Waals surface area contributed by atoms with E-state index in [-0.39, 0.29) is 17.0 Å². The van der Waals surface area contributed by atoms with E-state index in [2.05, 4.69) is 10.0 Å². The van der Waals surface area contributed by atoms with Crippen molar-refractivity contribution in [3.05, 3.63) is 0 Å². The van der Waals surface area contributed by atoms with Crippen LogP contribution in [0.2, 0.25) is 0 Å². The van der Waals surface area contributed by atoms with Crippen LogP contribution in [0.25, 0.3) is 0 Å². The summed E-state index contributed by atoms with van der Waals surface area (Å²) in [6.07, 6.45) is 12.4. The van der Waals surface area contributed by atoms with Crippen LogP contribution in [-0.2, 0) is 10.0 Å². The normalized spacial score (nSPS) is 55.3. The molecule has 0 spiro atoms. The maximum absolute atomic E-state index is 12.4. The summed E-state index contributed by atoms with van der Waals surface area (Å²) in [6, 6.07) is 0. The van der Waals surface area contributed by atoms with Crippen molar-refractivity contribution >= 4 is 10.0 Å². The van der Waals surface area contributed by atoms with Gasteiger partial charge in [-0.2, -0.15) is 4.72 Å². The smallest absolute Gasteiger partial charge is 0.216 e. The largest absolute Gasteiger partial charge is 0.295 e. The van der Waals surface area contributed by atoms with Crippen LogP contribution in [0.4, 0.5) is 0 Å². The Kier molecular flexibility index (Phi) is 3.04. The van der Waals surface area contributed by atoms with Crippen LogP contribution >= 0.6 is 0 Å². The van der Waals surface area contributed by atoms with Gasteiger partial charge in [-0.3, -0.25) is 5.32 Å². The molecule has 1 aliphatic heterocycles. The molecule has 3 unspecified atom stereocenters. The van der Waals surface area contributed by atoms with E-state index < -0.39 is 10.0 Å². The van der Waals surface area contributed by atoms with Crippen LogP contribution in [0.15, 0.2) is 0 Å². The average molecular weight is 324 g/mol. The predicted molar refractivity (Wildman–Crippen MR) is 85.6 cm³/mol.